The predicted octanol–water partition coefficient (Wildman–Crippen LogP) is 3.13. The third-order valence-electron chi connectivity index (χ3n) is 4.43. The highest BCUT2D eigenvalue weighted by molar-refractivity contribution is 8.00. The van der Waals surface area contributed by atoms with Crippen LogP contribution in [0.1, 0.15) is 36.6 Å². The zero-order valence-electron chi connectivity index (χ0n) is 12.5. The molecule has 3 unspecified atom stereocenters. The largest absolute Gasteiger partial charge is 0.329 e. The molecule has 0 aliphatic carbocycles. The van der Waals surface area contributed by atoms with Gasteiger partial charge >= 0.3 is 0 Å². The summed E-state index contributed by atoms with van der Waals surface area (Å²) in [6, 6.07) is 7.50. The van der Waals surface area contributed by atoms with Crippen LogP contribution in [0.2, 0.25) is 0 Å². The Bertz CT molecular complexity index is 413. The van der Waals surface area contributed by atoms with E-state index in [0.717, 1.165) is 6.54 Å². The minimum Gasteiger partial charge on any atom is -0.329 e. The van der Waals surface area contributed by atoms with E-state index >= 15 is 0 Å². The molecule has 2 N–H and O–H groups in total. The molecular formula is C16H26N2S. The van der Waals surface area contributed by atoms with E-state index in [9.17, 15) is 0 Å². The van der Waals surface area contributed by atoms with Gasteiger partial charge < -0.3 is 5.73 Å². The van der Waals surface area contributed by atoms with Crippen LogP contribution < -0.4 is 5.73 Å². The first-order chi connectivity index (χ1) is 9.06. The van der Waals surface area contributed by atoms with Crippen molar-refractivity contribution >= 4 is 11.8 Å². The first kappa shape index (κ1) is 14.9. The highest BCUT2D eigenvalue weighted by atomic mass is 32.2. The maximum atomic E-state index is 6.13. The Balaban J connectivity index is 2.34. The Morgan fingerprint density at radius 3 is 2.53 bits per heavy atom. The normalized spacial score (nSPS) is 26.4. The van der Waals surface area contributed by atoms with E-state index in [1.54, 1.807) is 0 Å². The van der Waals surface area contributed by atoms with Crippen molar-refractivity contribution in [2.45, 2.75) is 45.0 Å². The van der Waals surface area contributed by atoms with Crippen molar-refractivity contribution in [1.29, 1.82) is 0 Å². The molecule has 1 heterocycles. The fraction of sp³-hybridized carbons (Fsp3) is 0.625. The van der Waals surface area contributed by atoms with Gasteiger partial charge in [-0.15, -0.1) is 0 Å². The summed E-state index contributed by atoms with van der Waals surface area (Å²) in [7, 11) is 0. The van der Waals surface area contributed by atoms with E-state index in [0.29, 0.717) is 23.9 Å². The van der Waals surface area contributed by atoms with Crippen LogP contribution in [0.3, 0.4) is 0 Å². The van der Waals surface area contributed by atoms with Crippen molar-refractivity contribution in [2.24, 2.45) is 5.73 Å². The molecule has 1 saturated heterocycles. The molecule has 0 radical (unpaired) electrons. The Kier molecular flexibility index (Phi) is 4.93. The Labute approximate surface area is 121 Å². The molecule has 1 aromatic carbocycles. The number of aryl methyl sites for hydroxylation is 2. The van der Waals surface area contributed by atoms with Crippen molar-refractivity contribution in [1.82, 2.24) is 4.90 Å². The van der Waals surface area contributed by atoms with Gasteiger partial charge in [0.2, 0.25) is 0 Å². The van der Waals surface area contributed by atoms with Gasteiger partial charge in [0.05, 0.1) is 0 Å². The Morgan fingerprint density at radius 1 is 1.32 bits per heavy atom. The number of hydrogen-bond donors (Lipinski definition) is 1. The number of thioether (sulfide) groups is 1. The van der Waals surface area contributed by atoms with Crippen LogP contribution in [-0.4, -0.2) is 35.0 Å². The number of nitrogens with two attached hydrogens (primary N) is 1. The lowest BCUT2D eigenvalue weighted by molar-refractivity contribution is 0.150. The summed E-state index contributed by atoms with van der Waals surface area (Å²) in [5.41, 5.74) is 10.3. The molecule has 2 nitrogen and oxygen atoms in total. The van der Waals surface area contributed by atoms with Crippen LogP contribution in [0.25, 0.3) is 0 Å². The molecule has 0 saturated carbocycles. The molecule has 3 heteroatoms. The van der Waals surface area contributed by atoms with Crippen molar-refractivity contribution in [3.63, 3.8) is 0 Å². The van der Waals surface area contributed by atoms with Crippen LogP contribution in [-0.2, 0) is 0 Å². The Morgan fingerprint density at radius 2 is 1.95 bits per heavy atom. The van der Waals surface area contributed by atoms with Gasteiger partial charge in [0.15, 0.2) is 0 Å². The lowest BCUT2D eigenvalue weighted by atomic mass is 9.93. The third-order valence-corrected chi connectivity index (χ3v) is 5.77. The summed E-state index contributed by atoms with van der Waals surface area (Å²) < 4.78 is 0. The van der Waals surface area contributed by atoms with E-state index in [1.807, 2.05) is 0 Å². The fourth-order valence-corrected chi connectivity index (χ4v) is 4.29. The van der Waals surface area contributed by atoms with Crippen molar-refractivity contribution in [3.05, 3.63) is 34.9 Å². The number of nitrogens with zero attached hydrogens (tertiary/aromatic N) is 1. The van der Waals surface area contributed by atoms with Crippen molar-refractivity contribution in [2.75, 3.05) is 18.8 Å². The van der Waals surface area contributed by atoms with E-state index in [1.165, 1.54) is 22.4 Å². The second-order valence-corrected chi connectivity index (χ2v) is 7.10. The predicted molar refractivity (Wildman–Crippen MR) is 85.8 cm³/mol. The molecule has 0 amide bonds. The summed E-state index contributed by atoms with van der Waals surface area (Å²) in [5.74, 6) is 1.22. The van der Waals surface area contributed by atoms with E-state index in [4.69, 9.17) is 5.73 Å². The molecule has 1 aliphatic heterocycles. The van der Waals surface area contributed by atoms with Gasteiger partial charge in [-0.25, -0.2) is 0 Å². The van der Waals surface area contributed by atoms with Crippen molar-refractivity contribution < 1.29 is 0 Å². The first-order valence-corrected chi connectivity index (χ1v) is 8.24. The zero-order chi connectivity index (χ0) is 14.0. The standard InChI is InChI=1S/C16H26N2S/c1-11-6-5-7-12(2)16(11)15(10-17)18-8-9-19-14(4)13(18)3/h5-7,13-15H,8-10,17H2,1-4H3. The lowest BCUT2D eigenvalue weighted by Crippen LogP contribution is -2.48. The molecule has 1 aromatic rings. The van der Waals surface area contributed by atoms with Gasteiger partial charge in [-0.1, -0.05) is 25.1 Å². The van der Waals surface area contributed by atoms with E-state index in [2.05, 4.69) is 62.6 Å². The zero-order valence-corrected chi connectivity index (χ0v) is 13.3. The van der Waals surface area contributed by atoms with E-state index < -0.39 is 0 Å². The highest BCUT2D eigenvalue weighted by Gasteiger charge is 2.31. The fourth-order valence-electron chi connectivity index (χ4n) is 3.17. The summed E-state index contributed by atoms with van der Waals surface area (Å²) in [4.78, 5) is 2.61. The number of rotatable bonds is 3. The monoisotopic (exact) mass is 278 g/mol. The topological polar surface area (TPSA) is 29.3 Å². The molecular weight excluding hydrogens is 252 g/mol. The maximum absolute atomic E-state index is 6.13. The smallest absolute Gasteiger partial charge is 0.0479 e. The van der Waals surface area contributed by atoms with Crippen LogP contribution in [0, 0.1) is 13.8 Å². The SMILES string of the molecule is Cc1cccc(C)c1C(CN)N1CCSC(C)C1C. The second kappa shape index (κ2) is 6.29. The molecule has 0 aromatic heterocycles. The van der Waals surface area contributed by atoms with Crippen molar-refractivity contribution in [3.8, 4) is 0 Å². The molecule has 0 spiro atoms. The summed E-state index contributed by atoms with van der Waals surface area (Å²) >= 11 is 2.08. The van der Waals surface area contributed by atoms with Crippen LogP contribution >= 0.6 is 11.8 Å². The minimum absolute atomic E-state index is 0.361. The van der Waals surface area contributed by atoms with Gasteiger partial charge in [0.1, 0.15) is 0 Å². The van der Waals surface area contributed by atoms with Crippen LogP contribution in [0.4, 0.5) is 0 Å². The average Bonchev–Trinajstić information content (AvgIpc) is 2.38. The van der Waals surface area contributed by atoms with Gasteiger partial charge in [-0.2, -0.15) is 11.8 Å². The quantitative estimate of drug-likeness (QED) is 0.921. The van der Waals surface area contributed by atoms with Crippen LogP contribution in [0.15, 0.2) is 18.2 Å². The lowest BCUT2D eigenvalue weighted by Gasteiger charge is -2.43. The Hall–Kier alpha value is -0.510. The second-order valence-electron chi connectivity index (χ2n) is 5.61. The third kappa shape index (κ3) is 2.99. The number of hydrogen-bond acceptors (Lipinski definition) is 3. The molecule has 3 atom stereocenters. The molecule has 19 heavy (non-hydrogen) atoms. The average molecular weight is 278 g/mol. The molecule has 0 bridgehead atoms. The van der Waals surface area contributed by atoms with Gasteiger partial charge in [0.25, 0.3) is 0 Å². The molecule has 1 fully saturated rings. The van der Waals surface area contributed by atoms with Gasteiger partial charge in [0, 0.05) is 36.2 Å². The van der Waals surface area contributed by atoms with Gasteiger partial charge in [-0.05, 0) is 37.5 Å². The summed E-state index contributed by atoms with van der Waals surface area (Å²) in [5, 5.41) is 0.687. The molecule has 106 valence electrons. The summed E-state index contributed by atoms with van der Waals surface area (Å²) in [6.45, 7) is 10.9. The van der Waals surface area contributed by atoms with E-state index in [-0.39, 0.29) is 0 Å². The maximum Gasteiger partial charge on any atom is 0.0479 e. The molecule has 1 aliphatic rings. The highest BCUT2D eigenvalue weighted by Crippen LogP contribution is 2.33. The van der Waals surface area contributed by atoms with Crippen LogP contribution in [0.5, 0.6) is 0 Å². The summed E-state index contributed by atoms with van der Waals surface area (Å²) in [6.07, 6.45) is 0. The minimum atomic E-state index is 0.361. The molecule has 2 rings (SSSR count). The first-order valence-electron chi connectivity index (χ1n) is 7.19. The van der Waals surface area contributed by atoms with Gasteiger partial charge in [-0.3, -0.25) is 4.90 Å². The number of benzene rings is 1.